The second-order valence-electron chi connectivity index (χ2n) is 7.38. The molecule has 0 amide bonds. The molecule has 4 heterocycles. The Balaban J connectivity index is 1.53. The zero-order valence-electron chi connectivity index (χ0n) is 15.0. The molecule has 0 saturated carbocycles. The summed E-state index contributed by atoms with van der Waals surface area (Å²) in [5.41, 5.74) is 2.61. The van der Waals surface area contributed by atoms with Crippen LogP contribution in [0, 0.1) is 11.7 Å². The van der Waals surface area contributed by atoms with E-state index in [1.807, 2.05) is 24.3 Å². The summed E-state index contributed by atoms with van der Waals surface area (Å²) in [7, 11) is 0. The van der Waals surface area contributed by atoms with Crippen LogP contribution in [0.25, 0.3) is 11.1 Å². The van der Waals surface area contributed by atoms with Crippen LogP contribution in [-0.2, 0) is 6.42 Å². The number of anilines is 1. The number of nitrogens with zero attached hydrogens (tertiary/aromatic N) is 2. The zero-order valence-corrected chi connectivity index (χ0v) is 15.0. The van der Waals surface area contributed by atoms with Crippen molar-refractivity contribution in [3.8, 4) is 11.1 Å². The van der Waals surface area contributed by atoms with Crippen LogP contribution < -0.4 is 5.32 Å². The van der Waals surface area contributed by atoms with Gasteiger partial charge in [0.05, 0.1) is 0 Å². The second-order valence-corrected chi connectivity index (χ2v) is 7.38. The standard InChI is InChI=1S/C21H26FN3/c1-3-15-4-6-19(22)18(12-15)17-5-7-20(23-13-17)24-21-14(2)25-10-8-16(21)9-11-25/h4-7,12-14,16,21H,3,8-11H2,1-2H3,(H,23,24)/t14-,21-/m1/s1. The van der Waals surface area contributed by atoms with E-state index in [-0.39, 0.29) is 5.82 Å². The number of aryl methyl sites for hydroxylation is 1. The Bertz CT molecular complexity index is 733. The summed E-state index contributed by atoms with van der Waals surface area (Å²) in [5, 5.41) is 3.63. The van der Waals surface area contributed by atoms with Crippen LogP contribution in [0.3, 0.4) is 0 Å². The van der Waals surface area contributed by atoms with Crippen molar-refractivity contribution in [3.63, 3.8) is 0 Å². The predicted octanol–water partition coefficient (Wildman–Crippen LogP) is 4.34. The number of halogens is 1. The molecular formula is C21H26FN3. The number of pyridine rings is 1. The first kappa shape index (κ1) is 16.5. The van der Waals surface area contributed by atoms with Gasteiger partial charge in [0.1, 0.15) is 11.6 Å². The maximum atomic E-state index is 14.2. The first-order valence-corrected chi connectivity index (χ1v) is 9.41. The first-order valence-electron chi connectivity index (χ1n) is 9.41. The fourth-order valence-corrected chi connectivity index (χ4v) is 4.37. The number of benzene rings is 1. The van der Waals surface area contributed by atoms with Crippen molar-refractivity contribution in [1.82, 2.24) is 9.88 Å². The number of nitrogens with one attached hydrogen (secondary N) is 1. The van der Waals surface area contributed by atoms with Crippen LogP contribution in [0.4, 0.5) is 10.2 Å². The van der Waals surface area contributed by atoms with Crippen molar-refractivity contribution in [2.75, 3.05) is 18.4 Å². The second kappa shape index (κ2) is 6.75. The van der Waals surface area contributed by atoms with Gasteiger partial charge in [-0.2, -0.15) is 0 Å². The minimum Gasteiger partial charge on any atom is -0.365 e. The van der Waals surface area contributed by atoms with Gasteiger partial charge in [0.2, 0.25) is 0 Å². The highest BCUT2D eigenvalue weighted by atomic mass is 19.1. The van der Waals surface area contributed by atoms with Gasteiger partial charge in [0.15, 0.2) is 0 Å². The molecule has 2 atom stereocenters. The van der Waals surface area contributed by atoms with E-state index >= 15 is 0 Å². The summed E-state index contributed by atoms with van der Waals surface area (Å²) in [5.74, 6) is 1.44. The third-order valence-corrected chi connectivity index (χ3v) is 6.01. The highest BCUT2D eigenvalue weighted by Crippen LogP contribution is 2.34. The molecule has 25 heavy (non-hydrogen) atoms. The van der Waals surface area contributed by atoms with E-state index in [9.17, 15) is 4.39 Å². The third-order valence-electron chi connectivity index (χ3n) is 6.01. The Morgan fingerprint density at radius 3 is 2.64 bits per heavy atom. The lowest BCUT2D eigenvalue weighted by molar-refractivity contribution is 0.0457. The van der Waals surface area contributed by atoms with Crippen LogP contribution in [0.15, 0.2) is 36.5 Å². The van der Waals surface area contributed by atoms with Crippen molar-refractivity contribution >= 4 is 5.82 Å². The number of hydrogen-bond acceptors (Lipinski definition) is 3. The highest BCUT2D eigenvalue weighted by molar-refractivity contribution is 5.65. The van der Waals surface area contributed by atoms with Crippen LogP contribution >= 0.6 is 0 Å². The Labute approximate surface area is 149 Å². The fourth-order valence-electron chi connectivity index (χ4n) is 4.37. The van der Waals surface area contributed by atoms with Gasteiger partial charge in [-0.15, -0.1) is 0 Å². The van der Waals surface area contributed by atoms with Crippen molar-refractivity contribution < 1.29 is 4.39 Å². The maximum Gasteiger partial charge on any atom is 0.131 e. The molecular weight excluding hydrogens is 313 g/mol. The monoisotopic (exact) mass is 339 g/mol. The normalized spacial score (nSPS) is 28.1. The van der Waals surface area contributed by atoms with E-state index in [2.05, 4.69) is 29.0 Å². The van der Waals surface area contributed by atoms with Gasteiger partial charge in [0, 0.05) is 29.4 Å². The maximum absolute atomic E-state index is 14.2. The summed E-state index contributed by atoms with van der Waals surface area (Å²) < 4.78 is 14.2. The lowest BCUT2D eigenvalue weighted by Crippen LogP contribution is -2.59. The number of fused-ring (bicyclic) bond motifs is 3. The third kappa shape index (κ3) is 3.15. The summed E-state index contributed by atoms with van der Waals surface area (Å²) in [6.07, 6.45) is 5.23. The van der Waals surface area contributed by atoms with Crippen LogP contribution in [0.2, 0.25) is 0 Å². The van der Waals surface area contributed by atoms with E-state index in [0.717, 1.165) is 29.3 Å². The van der Waals surface area contributed by atoms with Gasteiger partial charge in [-0.25, -0.2) is 9.37 Å². The number of piperidine rings is 3. The molecule has 2 bridgehead atoms. The molecule has 3 aliphatic rings. The molecule has 1 N–H and O–H groups in total. The van der Waals surface area contributed by atoms with E-state index < -0.39 is 0 Å². The largest absolute Gasteiger partial charge is 0.365 e. The molecule has 2 aromatic rings. The summed E-state index contributed by atoms with van der Waals surface area (Å²) in [6, 6.07) is 10.3. The molecule has 4 heteroatoms. The molecule has 0 spiro atoms. The molecule has 0 radical (unpaired) electrons. The Kier molecular flexibility index (Phi) is 4.46. The van der Waals surface area contributed by atoms with Gasteiger partial charge in [-0.1, -0.05) is 13.0 Å². The Morgan fingerprint density at radius 2 is 2.00 bits per heavy atom. The Hall–Kier alpha value is -1.94. The molecule has 5 rings (SSSR count). The molecule has 3 nitrogen and oxygen atoms in total. The van der Waals surface area contributed by atoms with E-state index in [0.29, 0.717) is 17.6 Å². The minimum absolute atomic E-state index is 0.189. The van der Waals surface area contributed by atoms with E-state index in [1.54, 1.807) is 12.3 Å². The van der Waals surface area contributed by atoms with Gasteiger partial charge in [0.25, 0.3) is 0 Å². The SMILES string of the molecule is CCc1ccc(F)c(-c2ccc(N[C@H]3C4CCN(CC4)[C@@H]3C)nc2)c1. The molecule has 3 saturated heterocycles. The molecule has 0 aliphatic carbocycles. The van der Waals surface area contributed by atoms with Crippen LogP contribution in [0.5, 0.6) is 0 Å². The molecule has 3 aliphatic heterocycles. The molecule has 0 unspecified atom stereocenters. The number of aromatic nitrogens is 1. The summed E-state index contributed by atoms with van der Waals surface area (Å²) in [6.45, 7) is 6.84. The smallest absolute Gasteiger partial charge is 0.131 e. The first-order chi connectivity index (χ1) is 12.2. The summed E-state index contributed by atoms with van der Waals surface area (Å²) in [4.78, 5) is 7.13. The molecule has 1 aromatic carbocycles. The van der Waals surface area contributed by atoms with Crippen molar-refractivity contribution in [2.24, 2.45) is 5.92 Å². The van der Waals surface area contributed by atoms with E-state index in [4.69, 9.17) is 0 Å². The average Bonchev–Trinajstić information content (AvgIpc) is 2.66. The van der Waals surface area contributed by atoms with Gasteiger partial charge in [-0.05, 0) is 75.0 Å². The number of rotatable bonds is 4. The highest BCUT2D eigenvalue weighted by Gasteiger charge is 2.39. The van der Waals surface area contributed by atoms with Crippen molar-refractivity contribution in [2.45, 2.75) is 45.2 Å². The van der Waals surface area contributed by atoms with Gasteiger partial charge in [-0.3, -0.25) is 4.90 Å². The van der Waals surface area contributed by atoms with Crippen LogP contribution in [0.1, 0.15) is 32.3 Å². The van der Waals surface area contributed by atoms with Crippen molar-refractivity contribution in [1.29, 1.82) is 0 Å². The average molecular weight is 339 g/mol. The predicted molar refractivity (Wildman–Crippen MR) is 100 cm³/mol. The van der Waals surface area contributed by atoms with Gasteiger partial charge >= 0.3 is 0 Å². The quantitative estimate of drug-likeness (QED) is 0.898. The van der Waals surface area contributed by atoms with Crippen molar-refractivity contribution in [3.05, 3.63) is 47.9 Å². The lowest BCUT2D eigenvalue weighted by atomic mass is 9.79. The topological polar surface area (TPSA) is 28.2 Å². The minimum atomic E-state index is -0.189. The van der Waals surface area contributed by atoms with Crippen LogP contribution in [-0.4, -0.2) is 35.1 Å². The zero-order chi connectivity index (χ0) is 17.4. The lowest BCUT2D eigenvalue weighted by Gasteiger charge is -2.50. The molecule has 1 aromatic heterocycles. The fraction of sp³-hybridized carbons (Fsp3) is 0.476. The molecule has 132 valence electrons. The summed E-state index contributed by atoms with van der Waals surface area (Å²) >= 11 is 0. The van der Waals surface area contributed by atoms with Gasteiger partial charge < -0.3 is 5.32 Å². The molecule has 3 fully saturated rings. The van der Waals surface area contributed by atoms with E-state index in [1.165, 1.54) is 25.9 Å². The number of hydrogen-bond donors (Lipinski definition) is 1. The Morgan fingerprint density at radius 1 is 1.20 bits per heavy atom.